The fraction of sp³-hybridized carbons (Fsp3) is 0.667. The minimum Gasteiger partial charge on any atom is -0.491 e. The van der Waals surface area contributed by atoms with Crippen LogP contribution in [0.2, 0.25) is 0 Å². The summed E-state index contributed by atoms with van der Waals surface area (Å²) in [5, 5.41) is 3.20. The van der Waals surface area contributed by atoms with Gasteiger partial charge in [-0.25, -0.2) is 4.98 Å². The Balaban J connectivity index is 0.00000156. The van der Waals surface area contributed by atoms with Crippen molar-refractivity contribution in [2.24, 2.45) is 5.92 Å². The van der Waals surface area contributed by atoms with E-state index >= 15 is 0 Å². The zero-order valence-electron chi connectivity index (χ0n) is 13.3. The molecule has 3 saturated heterocycles. The molecule has 5 rings (SSSR count). The van der Waals surface area contributed by atoms with Gasteiger partial charge in [0.05, 0.1) is 12.8 Å². The Labute approximate surface area is 138 Å². The number of pyridine rings is 1. The SMILES string of the molecule is C.CC1(C)COc2cnc(C(=O)N[C@H]3CN4CCC3CC4)cc21. The third-order valence-electron chi connectivity index (χ3n) is 5.39. The van der Waals surface area contributed by atoms with Crippen molar-refractivity contribution in [2.45, 2.75) is 45.6 Å². The van der Waals surface area contributed by atoms with Crippen LogP contribution in [-0.4, -0.2) is 48.1 Å². The molecule has 0 radical (unpaired) electrons. The van der Waals surface area contributed by atoms with Gasteiger partial charge in [-0.15, -0.1) is 0 Å². The van der Waals surface area contributed by atoms with Crippen molar-refractivity contribution in [1.29, 1.82) is 0 Å². The Kier molecular flexibility index (Phi) is 4.08. The lowest BCUT2D eigenvalue weighted by molar-refractivity contribution is 0.0617. The molecule has 5 nitrogen and oxygen atoms in total. The lowest BCUT2D eigenvalue weighted by Gasteiger charge is -2.44. The molecule has 0 aliphatic carbocycles. The average Bonchev–Trinajstić information content (AvgIpc) is 2.83. The van der Waals surface area contributed by atoms with Crippen molar-refractivity contribution in [3.63, 3.8) is 0 Å². The van der Waals surface area contributed by atoms with E-state index in [9.17, 15) is 4.79 Å². The maximum atomic E-state index is 12.6. The fourth-order valence-electron chi connectivity index (χ4n) is 3.92. The number of piperidine rings is 3. The van der Waals surface area contributed by atoms with Crippen LogP contribution in [-0.2, 0) is 5.41 Å². The first kappa shape index (κ1) is 16.2. The van der Waals surface area contributed by atoms with E-state index in [1.54, 1.807) is 6.20 Å². The minimum absolute atomic E-state index is 0. The van der Waals surface area contributed by atoms with Crippen LogP contribution in [0.1, 0.15) is 50.2 Å². The Hall–Kier alpha value is -1.62. The first-order valence-corrected chi connectivity index (χ1v) is 8.19. The van der Waals surface area contributed by atoms with Gasteiger partial charge >= 0.3 is 0 Å². The molecule has 1 N–H and O–H groups in total. The van der Waals surface area contributed by atoms with E-state index in [0.29, 0.717) is 18.2 Å². The lowest BCUT2D eigenvalue weighted by atomic mass is 9.84. The predicted molar refractivity (Wildman–Crippen MR) is 89.9 cm³/mol. The van der Waals surface area contributed by atoms with Crippen LogP contribution in [0.5, 0.6) is 5.75 Å². The van der Waals surface area contributed by atoms with Gasteiger partial charge in [0.25, 0.3) is 5.91 Å². The molecule has 126 valence electrons. The normalized spacial score (nSPS) is 30.1. The smallest absolute Gasteiger partial charge is 0.270 e. The van der Waals surface area contributed by atoms with E-state index in [1.807, 2.05) is 6.07 Å². The molecule has 0 spiro atoms. The molecule has 3 fully saturated rings. The summed E-state index contributed by atoms with van der Waals surface area (Å²) in [5.41, 5.74) is 1.54. The summed E-state index contributed by atoms with van der Waals surface area (Å²) >= 11 is 0. The summed E-state index contributed by atoms with van der Waals surface area (Å²) in [6, 6.07) is 2.17. The summed E-state index contributed by atoms with van der Waals surface area (Å²) < 4.78 is 5.64. The van der Waals surface area contributed by atoms with Crippen LogP contribution in [0.15, 0.2) is 12.3 Å². The quantitative estimate of drug-likeness (QED) is 0.909. The van der Waals surface area contributed by atoms with E-state index in [2.05, 4.69) is 29.0 Å². The number of ether oxygens (including phenoxy) is 1. The summed E-state index contributed by atoms with van der Waals surface area (Å²) in [7, 11) is 0. The zero-order valence-corrected chi connectivity index (χ0v) is 13.3. The van der Waals surface area contributed by atoms with E-state index < -0.39 is 0 Å². The van der Waals surface area contributed by atoms with Crippen LogP contribution < -0.4 is 10.1 Å². The molecule has 4 aliphatic heterocycles. The number of nitrogens with zero attached hydrogens (tertiary/aromatic N) is 2. The van der Waals surface area contributed by atoms with Gasteiger partial charge in [-0.3, -0.25) is 4.79 Å². The van der Waals surface area contributed by atoms with E-state index in [1.165, 1.54) is 25.9 Å². The van der Waals surface area contributed by atoms with Crippen LogP contribution in [0.4, 0.5) is 0 Å². The van der Waals surface area contributed by atoms with E-state index in [4.69, 9.17) is 4.74 Å². The number of amides is 1. The highest BCUT2D eigenvalue weighted by Crippen LogP contribution is 2.38. The highest BCUT2D eigenvalue weighted by Gasteiger charge is 2.36. The molecular formula is C18H27N3O2. The number of fused-ring (bicyclic) bond motifs is 4. The van der Waals surface area contributed by atoms with Gasteiger partial charge < -0.3 is 15.0 Å². The van der Waals surface area contributed by atoms with Crippen LogP contribution >= 0.6 is 0 Å². The van der Waals surface area contributed by atoms with Gasteiger partial charge in [0.2, 0.25) is 0 Å². The maximum Gasteiger partial charge on any atom is 0.270 e. The monoisotopic (exact) mass is 317 g/mol. The average molecular weight is 317 g/mol. The first-order valence-electron chi connectivity index (χ1n) is 8.19. The Morgan fingerprint density at radius 2 is 2.13 bits per heavy atom. The molecule has 0 unspecified atom stereocenters. The molecule has 1 aromatic rings. The van der Waals surface area contributed by atoms with Crippen molar-refractivity contribution in [3.05, 3.63) is 23.5 Å². The van der Waals surface area contributed by atoms with Gasteiger partial charge in [-0.2, -0.15) is 0 Å². The standard InChI is InChI=1S/C17H23N3O2.CH4/c1-17(2)10-22-15-8-18-13(7-12(15)17)16(21)19-14-9-20-5-3-11(14)4-6-20;/h7-8,11,14H,3-6,9-10H2,1-2H3,(H,19,21);1H4/t14-;/m0./s1. The lowest BCUT2D eigenvalue weighted by Crippen LogP contribution is -2.57. The second-order valence-corrected chi connectivity index (χ2v) is 7.46. The summed E-state index contributed by atoms with van der Waals surface area (Å²) in [6.45, 7) is 8.26. The van der Waals surface area contributed by atoms with Crippen LogP contribution in [0.3, 0.4) is 0 Å². The largest absolute Gasteiger partial charge is 0.491 e. The molecule has 23 heavy (non-hydrogen) atoms. The van der Waals surface area contributed by atoms with Crippen molar-refractivity contribution >= 4 is 5.91 Å². The number of hydrogen-bond donors (Lipinski definition) is 1. The summed E-state index contributed by atoms with van der Waals surface area (Å²) in [4.78, 5) is 19.3. The summed E-state index contributed by atoms with van der Waals surface area (Å²) in [5.74, 6) is 1.39. The second-order valence-electron chi connectivity index (χ2n) is 7.46. The van der Waals surface area contributed by atoms with Gasteiger partial charge in [-0.1, -0.05) is 21.3 Å². The molecule has 0 saturated carbocycles. The number of carbonyl (C=O) groups excluding carboxylic acids is 1. The Morgan fingerprint density at radius 3 is 2.78 bits per heavy atom. The molecule has 0 aromatic carbocycles. The number of carbonyl (C=O) groups is 1. The van der Waals surface area contributed by atoms with Crippen molar-refractivity contribution in [1.82, 2.24) is 15.2 Å². The van der Waals surface area contributed by atoms with Crippen molar-refractivity contribution in [2.75, 3.05) is 26.2 Å². The molecule has 1 atom stereocenters. The number of rotatable bonds is 2. The topological polar surface area (TPSA) is 54.5 Å². The molecule has 1 aromatic heterocycles. The van der Waals surface area contributed by atoms with Gasteiger partial charge in [0.15, 0.2) is 0 Å². The number of aromatic nitrogens is 1. The molecular weight excluding hydrogens is 290 g/mol. The van der Waals surface area contributed by atoms with Gasteiger partial charge in [0.1, 0.15) is 11.4 Å². The number of nitrogens with one attached hydrogen (secondary N) is 1. The van der Waals surface area contributed by atoms with Crippen LogP contribution in [0.25, 0.3) is 0 Å². The molecule has 1 amide bonds. The third kappa shape index (κ3) is 2.82. The zero-order chi connectivity index (χ0) is 15.3. The third-order valence-corrected chi connectivity index (χ3v) is 5.39. The molecule has 2 bridgehead atoms. The highest BCUT2D eigenvalue weighted by molar-refractivity contribution is 5.93. The first-order chi connectivity index (χ1) is 10.5. The molecule has 4 aliphatic rings. The predicted octanol–water partition coefficient (Wildman–Crippen LogP) is 2.21. The van der Waals surface area contributed by atoms with Crippen molar-refractivity contribution in [3.8, 4) is 5.75 Å². The Morgan fingerprint density at radius 1 is 1.39 bits per heavy atom. The molecule has 5 heterocycles. The van der Waals surface area contributed by atoms with Gasteiger partial charge in [0, 0.05) is 23.6 Å². The maximum absolute atomic E-state index is 12.6. The molecule has 5 heteroatoms. The Bertz CT molecular complexity index is 606. The van der Waals surface area contributed by atoms with Gasteiger partial charge in [-0.05, 0) is 37.9 Å². The van der Waals surface area contributed by atoms with E-state index in [-0.39, 0.29) is 24.8 Å². The highest BCUT2D eigenvalue weighted by atomic mass is 16.5. The van der Waals surface area contributed by atoms with Crippen molar-refractivity contribution < 1.29 is 9.53 Å². The second kappa shape index (κ2) is 5.78. The summed E-state index contributed by atoms with van der Waals surface area (Å²) in [6.07, 6.45) is 4.09. The minimum atomic E-state index is -0.0527. The fourth-order valence-corrected chi connectivity index (χ4v) is 3.92. The van der Waals surface area contributed by atoms with E-state index in [0.717, 1.165) is 17.9 Å². The van der Waals surface area contributed by atoms with Crippen LogP contribution in [0, 0.1) is 5.92 Å². The number of hydrogen-bond acceptors (Lipinski definition) is 4.